The maximum atomic E-state index is 9.13. The highest BCUT2D eigenvalue weighted by Gasteiger charge is 2.28. The summed E-state index contributed by atoms with van der Waals surface area (Å²) >= 11 is 0. The van der Waals surface area contributed by atoms with Crippen molar-refractivity contribution in [2.24, 2.45) is 0 Å². The molecule has 1 saturated heterocycles. The summed E-state index contributed by atoms with van der Waals surface area (Å²) in [5.74, 6) is 0.305. The van der Waals surface area contributed by atoms with E-state index in [1.807, 2.05) is 19.1 Å². The van der Waals surface area contributed by atoms with E-state index >= 15 is 0 Å². The van der Waals surface area contributed by atoms with Gasteiger partial charge in [0.2, 0.25) is 0 Å². The first-order valence-corrected chi connectivity index (χ1v) is 4.85. The van der Waals surface area contributed by atoms with E-state index in [1.165, 1.54) is 5.56 Å². The van der Waals surface area contributed by atoms with Crippen molar-refractivity contribution >= 4 is 0 Å². The van der Waals surface area contributed by atoms with Crippen molar-refractivity contribution in [2.45, 2.75) is 19.1 Å². The molecule has 0 saturated carbocycles. The lowest BCUT2D eigenvalue weighted by Crippen LogP contribution is -2.39. The Hall–Kier alpha value is -1.06. The standard InChI is InChI=1S/C11H15NO2/c1-11(12-6-7-14-11)8-9-2-4-10(13)5-3-9/h2-5,12-13H,6-8H2,1H3. The molecule has 1 aromatic rings. The van der Waals surface area contributed by atoms with Crippen LogP contribution in [0, 0.1) is 0 Å². The highest BCUT2D eigenvalue weighted by molar-refractivity contribution is 5.26. The molecule has 0 amide bonds. The molecule has 0 spiro atoms. The number of nitrogens with one attached hydrogen (secondary N) is 1. The van der Waals surface area contributed by atoms with E-state index < -0.39 is 0 Å². The lowest BCUT2D eigenvalue weighted by Gasteiger charge is -2.23. The monoisotopic (exact) mass is 193 g/mol. The van der Waals surface area contributed by atoms with Crippen LogP contribution in [0.5, 0.6) is 5.75 Å². The van der Waals surface area contributed by atoms with Crippen molar-refractivity contribution in [1.82, 2.24) is 5.32 Å². The molecule has 1 aliphatic rings. The zero-order chi connectivity index (χ0) is 10.0. The molecule has 0 bridgehead atoms. The summed E-state index contributed by atoms with van der Waals surface area (Å²) in [5, 5.41) is 12.4. The second kappa shape index (κ2) is 3.59. The molecule has 2 rings (SSSR count). The van der Waals surface area contributed by atoms with Gasteiger partial charge in [0.25, 0.3) is 0 Å². The highest BCUT2D eigenvalue weighted by atomic mass is 16.5. The summed E-state index contributed by atoms with van der Waals surface area (Å²) in [6, 6.07) is 7.25. The van der Waals surface area contributed by atoms with Crippen LogP contribution in [0.4, 0.5) is 0 Å². The molecule has 1 aromatic carbocycles. The predicted molar refractivity (Wildman–Crippen MR) is 54.2 cm³/mol. The molecule has 1 unspecified atom stereocenters. The fourth-order valence-electron chi connectivity index (χ4n) is 1.76. The van der Waals surface area contributed by atoms with Crippen LogP contribution < -0.4 is 5.32 Å². The van der Waals surface area contributed by atoms with Crippen LogP contribution in [0.2, 0.25) is 0 Å². The SMILES string of the molecule is CC1(Cc2ccc(O)cc2)NCCO1. The molecule has 1 fully saturated rings. The van der Waals surface area contributed by atoms with Gasteiger partial charge in [-0.05, 0) is 24.6 Å². The molecule has 76 valence electrons. The summed E-state index contributed by atoms with van der Waals surface area (Å²) in [7, 11) is 0. The molecule has 3 nitrogen and oxygen atoms in total. The zero-order valence-electron chi connectivity index (χ0n) is 8.29. The van der Waals surface area contributed by atoms with E-state index in [-0.39, 0.29) is 5.72 Å². The minimum Gasteiger partial charge on any atom is -0.508 e. The molecule has 1 atom stereocenters. The minimum atomic E-state index is -0.239. The summed E-state index contributed by atoms with van der Waals surface area (Å²) in [6.07, 6.45) is 0.827. The Balaban J connectivity index is 2.06. The fraction of sp³-hybridized carbons (Fsp3) is 0.455. The molecule has 14 heavy (non-hydrogen) atoms. The van der Waals surface area contributed by atoms with Gasteiger partial charge in [0.1, 0.15) is 11.5 Å². The normalized spacial score (nSPS) is 26.6. The number of phenolic OH excluding ortho intramolecular Hbond substituents is 1. The number of aromatic hydroxyl groups is 1. The summed E-state index contributed by atoms with van der Waals surface area (Å²) in [4.78, 5) is 0. The Kier molecular flexibility index (Phi) is 2.44. The average molecular weight is 193 g/mol. The van der Waals surface area contributed by atoms with Crippen LogP contribution in [-0.4, -0.2) is 24.0 Å². The largest absolute Gasteiger partial charge is 0.508 e. The first kappa shape index (κ1) is 9.49. The Morgan fingerprint density at radius 2 is 2.14 bits per heavy atom. The van der Waals surface area contributed by atoms with Crippen molar-refractivity contribution in [3.63, 3.8) is 0 Å². The van der Waals surface area contributed by atoms with Crippen LogP contribution >= 0.6 is 0 Å². The molecule has 1 aliphatic heterocycles. The third-order valence-electron chi connectivity index (χ3n) is 2.50. The second-order valence-corrected chi connectivity index (χ2v) is 3.85. The molecule has 0 radical (unpaired) electrons. The van der Waals surface area contributed by atoms with Gasteiger partial charge in [0, 0.05) is 13.0 Å². The number of benzene rings is 1. The number of ether oxygens (including phenoxy) is 1. The van der Waals surface area contributed by atoms with Gasteiger partial charge in [0.15, 0.2) is 0 Å². The van der Waals surface area contributed by atoms with Gasteiger partial charge in [-0.15, -0.1) is 0 Å². The van der Waals surface area contributed by atoms with Crippen LogP contribution in [0.15, 0.2) is 24.3 Å². The van der Waals surface area contributed by atoms with Gasteiger partial charge < -0.3 is 9.84 Å². The number of rotatable bonds is 2. The molecule has 0 aliphatic carbocycles. The maximum absolute atomic E-state index is 9.13. The third kappa shape index (κ3) is 2.05. The number of phenols is 1. The lowest BCUT2D eigenvalue weighted by atomic mass is 10.0. The van der Waals surface area contributed by atoms with Gasteiger partial charge in [-0.3, -0.25) is 5.32 Å². The van der Waals surface area contributed by atoms with Crippen LogP contribution in [0.1, 0.15) is 12.5 Å². The molecular weight excluding hydrogens is 178 g/mol. The van der Waals surface area contributed by atoms with E-state index in [2.05, 4.69) is 5.32 Å². The molecule has 1 heterocycles. The topological polar surface area (TPSA) is 41.5 Å². The Morgan fingerprint density at radius 3 is 2.71 bits per heavy atom. The van der Waals surface area contributed by atoms with Crippen molar-refractivity contribution in [3.05, 3.63) is 29.8 Å². The quantitative estimate of drug-likeness (QED) is 0.743. The first-order valence-electron chi connectivity index (χ1n) is 4.85. The fourth-order valence-corrected chi connectivity index (χ4v) is 1.76. The van der Waals surface area contributed by atoms with Gasteiger partial charge in [-0.1, -0.05) is 12.1 Å². The summed E-state index contributed by atoms with van der Waals surface area (Å²) in [5.41, 5.74) is 0.927. The van der Waals surface area contributed by atoms with E-state index in [0.717, 1.165) is 19.6 Å². The van der Waals surface area contributed by atoms with E-state index in [1.54, 1.807) is 12.1 Å². The third-order valence-corrected chi connectivity index (χ3v) is 2.50. The Labute approximate surface area is 83.7 Å². The van der Waals surface area contributed by atoms with Gasteiger partial charge >= 0.3 is 0 Å². The number of hydrogen-bond donors (Lipinski definition) is 2. The van der Waals surface area contributed by atoms with Crippen LogP contribution in [0.25, 0.3) is 0 Å². The Bertz CT molecular complexity index is 302. The summed E-state index contributed by atoms with van der Waals surface area (Å²) < 4.78 is 5.60. The van der Waals surface area contributed by atoms with Crippen molar-refractivity contribution in [3.8, 4) is 5.75 Å². The van der Waals surface area contributed by atoms with E-state index in [0.29, 0.717) is 5.75 Å². The van der Waals surface area contributed by atoms with E-state index in [4.69, 9.17) is 9.84 Å². The van der Waals surface area contributed by atoms with Crippen LogP contribution in [0.3, 0.4) is 0 Å². The molecular formula is C11H15NO2. The molecule has 3 heteroatoms. The van der Waals surface area contributed by atoms with Crippen molar-refractivity contribution in [1.29, 1.82) is 0 Å². The van der Waals surface area contributed by atoms with Crippen molar-refractivity contribution < 1.29 is 9.84 Å². The summed E-state index contributed by atoms with van der Waals surface area (Å²) in [6.45, 7) is 3.73. The maximum Gasteiger partial charge on any atom is 0.120 e. The van der Waals surface area contributed by atoms with E-state index in [9.17, 15) is 0 Å². The van der Waals surface area contributed by atoms with Gasteiger partial charge in [0.05, 0.1) is 6.61 Å². The molecule has 0 aromatic heterocycles. The zero-order valence-corrected chi connectivity index (χ0v) is 8.29. The number of hydrogen-bond acceptors (Lipinski definition) is 3. The highest BCUT2D eigenvalue weighted by Crippen LogP contribution is 2.19. The lowest BCUT2D eigenvalue weighted by molar-refractivity contribution is 0.00701. The smallest absolute Gasteiger partial charge is 0.120 e. The van der Waals surface area contributed by atoms with Gasteiger partial charge in [-0.2, -0.15) is 0 Å². The van der Waals surface area contributed by atoms with Crippen molar-refractivity contribution in [2.75, 3.05) is 13.2 Å². The second-order valence-electron chi connectivity index (χ2n) is 3.85. The Morgan fingerprint density at radius 1 is 1.43 bits per heavy atom. The predicted octanol–water partition coefficient (Wildman–Crippen LogP) is 1.27. The van der Waals surface area contributed by atoms with Crippen LogP contribution in [-0.2, 0) is 11.2 Å². The minimum absolute atomic E-state index is 0.239. The first-order chi connectivity index (χ1) is 6.68. The molecule has 2 N–H and O–H groups in total. The average Bonchev–Trinajstić information content (AvgIpc) is 2.57. The van der Waals surface area contributed by atoms with Gasteiger partial charge in [-0.25, -0.2) is 0 Å².